The monoisotopic (exact) mass is 268 g/mol. The standard InChI is InChI=1S/C16H20N4/c1-12-5-6-16(15(9-12)11-17)18-7-4-8-20-14(3)10-13(2)19-20/h5-6,9-10,18H,4,7-8H2,1-3H3. The summed E-state index contributed by atoms with van der Waals surface area (Å²) in [5, 5.41) is 16.9. The summed E-state index contributed by atoms with van der Waals surface area (Å²) in [6.07, 6.45) is 0.973. The molecule has 0 aliphatic carbocycles. The Bertz CT molecular complexity index is 634. The predicted octanol–water partition coefficient (Wildman–Crippen LogP) is 3.18. The summed E-state index contributed by atoms with van der Waals surface area (Å²) < 4.78 is 2.03. The average molecular weight is 268 g/mol. The lowest BCUT2D eigenvalue weighted by molar-refractivity contribution is 0.574. The summed E-state index contributed by atoms with van der Waals surface area (Å²) in [6.45, 7) is 7.79. The predicted molar refractivity (Wildman–Crippen MR) is 80.7 cm³/mol. The molecule has 1 aromatic heterocycles. The molecule has 0 spiro atoms. The number of hydrogen-bond acceptors (Lipinski definition) is 3. The van der Waals surface area contributed by atoms with Gasteiger partial charge < -0.3 is 5.32 Å². The van der Waals surface area contributed by atoms with E-state index >= 15 is 0 Å². The largest absolute Gasteiger partial charge is 0.384 e. The van der Waals surface area contributed by atoms with Gasteiger partial charge in [0.15, 0.2) is 0 Å². The van der Waals surface area contributed by atoms with E-state index in [9.17, 15) is 0 Å². The Morgan fingerprint density at radius 2 is 2.05 bits per heavy atom. The molecular formula is C16H20N4. The van der Waals surface area contributed by atoms with Gasteiger partial charge in [0.05, 0.1) is 16.9 Å². The second-order valence-electron chi connectivity index (χ2n) is 5.09. The smallest absolute Gasteiger partial charge is 0.101 e. The van der Waals surface area contributed by atoms with Gasteiger partial charge >= 0.3 is 0 Å². The summed E-state index contributed by atoms with van der Waals surface area (Å²) in [6, 6.07) is 10.2. The summed E-state index contributed by atoms with van der Waals surface area (Å²) in [5.41, 5.74) is 4.97. The quantitative estimate of drug-likeness (QED) is 0.847. The van der Waals surface area contributed by atoms with Gasteiger partial charge in [0.2, 0.25) is 0 Å². The van der Waals surface area contributed by atoms with Crippen LogP contribution in [0.4, 0.5) is 5.69 Å². The molecular weight excluding hydrogens is 248 g/mol. The maximum atomic E-state index is 9.11. The molecule has 0 unspecified atom stereocenters. The molecule has 0 amide bonds. The van der Waals surface area contributed by atoms with E-state index in [0.717, 1.165) is 36.5 Å². The van der Waals surface area contributed by atoms with Crippen molar-refractivity contribution in [1.82, 2.24) is 9.78 Å². The Labute approximate surface area is 120 Å². The third-order valence-corrected chi connectivity index (χ3v) is 3.26. The maximum absolute atomic E-state index is 9.11. The highest BCUT2D eigenvalue weighted by molar-refractivity contribution is 5.58. The minimum atomic E-state index is 0.705. The van der Waals surface area contributed by atoms with Crippen LogP contribution in [-0.4, -0.2) is 16.3 Å². The maximum Gasteiger partial charge on any atom is 0.101 e. The first-order chi connectivity index (χ1) is 9.60. The number of nitrogens with zero attached hydrogens (tertiary/aromatic N) is 3. The van der Waals surface area contributed by atoms with Crippen molar-refractivity contribution in [2.45, 2.75) is 33.7 Å². The number of benzene rings is 1. The summed E-state index contributed by atoms with van der Waals surface area (Å²) in [5.74, 6) is 0. The summed E-state index contributed by atoms with van der Waals surface area (Å²) in [7, 11) is 0. The molecule has 2 rings (SSSR count). The van der Waals surface area contributed by atoms with Gasteiger partial charge in [-0.25, -0.2) is 0 Å². The molecule has 1 N–H and O–H groups in total. The van der Waals surface area contributed by atoms with E-state index in [0.29, 0.717) is 5.56 Å². The van der Waals surface area contributed by atoms with Crippen molar-refractivity contribution in [3.05, 3.63) is 46.8 Å². The van der Waals surface area contributed by atoms with Crippen molar-refractivity contribution in [2.75, 3.05) is 11.9 Å². The van der Waals surface area contributed by atoms with Gasteiger partial charge in [0, 0.05) is 18.8 Å². The highest BCUT2D eigenvalue weighted by Gasteiger charge is 2.03. The highest BCUT2D eigenvalue weighted by atomic mass is 15.3. The topological polar surface area (TPSA) is 53.6 Å². The number of aryl methyl sites for hydroxylation is 4. The molecule has 1 aromatic carbocycles. The van der Waals surface area contributed by atoms with Crippen molar-refractivity contribution < 1.29 is 0 Å². The molecule has 0 saturated carbocycles. The molecule has 0 atom stereocenters. The molecule has 1 heterocycles. The molecule has 0 fully saturated rings. The molecule has 0 aliphatic rings. The Kier molecular flexibility index (Phi) is 4.41. The fourth-order valence-electron chi connectivity index (χ4n) is 2.26. The summed E-state index contributed by atoms with van der Waals surface area (Å²) >= 11 is 0. The number of anilines is 1. The van der Waals surface area contributed by atoms with Crippen LogP contribution in [0.5, 0.6) is 0 Å². The lowest BCUT2D eigenvalue weighted by Crippen LogP contribution is -2.09. The van der Waals surface area contributed by atoms with E-state index in [4.69, 9.17) is 5.26 Å². The Balaban J connectivity index is 1.88. The number of aromatic nitrogens is 2. The minimum Gasteiger partial charge on any atom is -0.384 e. The minimum absolute atomic E-state index is 0.705. The first kappa shape index (κ1) is 14.1. The normalized spacial score (nSPS) is 10.3. The van der Waals surface area contributed by atoms with Crippen LogP contribution in [0.15, 0.2) is 24.3 Å². The van der Waals surface area contributed by atoms with Crippen LogP contribution in [0.2, 0.25) is 0 Å². The Morgan fingerprint density at radius 1 is 1.25 bits per heavy atom. The van der Waals surface area contributed by atoms with E-state index in [2.05, 4.69) is 29.5 Å². The molecule has 0 aliphatic heterocycles. The summed E-state index contributed by atoms with van der Waals surface area (Å²) in [4.78, 5) is 0. The van der Waals surface area contributed by atoms with Crippen molar-refractivity contribution in [3.8, 4) is 6.07 Å². The van der Waals surface area contributed by atoms with Crippen molar-refractivity contribution in [1.29, 1.82) is 5.26 Å². The SMILES string of the molecule is Cc1ccc(NCCCn2nc(C)cc2C)c(C#N)c1. The molecule has 0 saturated heterocycles. The number of rotatable bonds is 5. The zero-order valence-electron chi connectivity index (χ0n) is 12.3. The zero-order valence-corrected chi connectivity index (χ0v) is 12.3. The van der Waals surface area contributed by atoms with Gasteiger partial charge in [-0.2, -0.15) is 10.4 Å². The van der Waals surface area contributed by atoms with Crippen LogP contribution in [0.3, 0.4) is 0 Å². The van der Waals surface area contributed by atoms with Crippen molar-refractivity contribution in [2.24, 2.45) is 0 Å². The number of nitriles is 1. The van der Waals surface area contributed by atoms with Gasteiger partial charge in [-0.1, -0.05) is 6.07 Å². The number of hydrogen-bond donors (Lipinski definition) is 1. The Morgan fingerprint density at radius 3 is 2.70 bits per heavy atom. The van der Waals surface area contributed by atoms with E-state index in [-0.39, 0.29) is 0 Å². The first-order valence-electron chi connectivity index (χ1n) is 6.86. The van der Waals surface area contributed by atoms with Gasteiger partial charge in [-0.05, 0) is 51.0 Å². The van der Waals surface area contributed by atoms with Gasteiger partial charge in [-0.3, -0.25) is 4.68 Å². The molecule has 0 bridgehead atoms. The van der Waals surface area contributed by atoms with Crippen molar-refractivity contribution in [3.63, 3.8) is 0 Å². The van der Waals surface area contributed by atoms with Crippen LogP contribution in [0.1, 0.15) is 28.9 Å². The van der Waals surface area contributed by atoms with E-state index in [1.54, 1.807) is 0 Å². The van der Waals surface area contributed by atoms with Crippen LogP contribution < -0.4 is 5.32 Å². The lowest BCUT2D eigenvalue weighted by Gasteiger charge is -2.09. The van der Waals surface area contributed by atoms with Crippen LogP contribution in [-0.2, 0) is 6.54 Å². The fourth-order valence-corrected chi connectivity index (χ4v) is 2.26. The lowest BCUT2D eigenvalue weighted by atomic mass is 10.1. The van der Waals surface area contributed by atoms with E-state index in [1.165, 1.54) is 5.69 Å². The molecule has 2 aromatic rings. The molecule has 0 radical (unpaired) electrons. The van der Waals surface area contributed by atoms with Crippen LogP contribution in [0.25, 0.3) is 0 Å². The Hall–Kier alpha value is -2.28. The fraction of sp³-hybridized carbons (Fsp3) is 0.375. The third-order valence-electron chi connectivity index (χ3n) is 3.26. The molecule has 4 nitrogen and oxygen atoms in total. The zero-order chi connectivity index (χ0) is 14.5. The van der Waals surface area contributed by atoms with Crippen LogP contribution >= 0.6 is 0 Å². The molecule has 20 heavy (non-hydrogen) atoms. The van der Waals surface area contributed by atoms with Gasteiger partial charge in [-0.15, -0.1) is 0 Å². The van der Waals surface area contributed by atoms with Crippen LogP contribution in [0, 0.1) is 32.1 Å². The van der Waals surface area contributed by atoms with E-state index < -0.39 is 0 Å². The third kappa shape index (κ3) is 3.39. The van der Waals surface area contributed by atoms with Gasteiger partial charge in [0.25, 0.3) is 0 Å². The van der Waals surface area contributed by atoms with Crippen molar-refractivity contribution >= 4 is 5.69 Å². The number of nitrogens with one attached hydrogen (secondary N) is 1. The molecule has 4 heteroatoms. The van der Waals surface area contributed by atoms with Gasteiger partial charge in [0.1, 0.15) is 6.07 Å². The highest BCUT2D eigenvalue weighted by Crippen LogP contribution is 2.16. The molecule has 104 valence electrons. The average Bonchev–Trinajstić information content (AvgIpc) is 2.74. The second-order valence-corrected chi connectivity index (χ2v) is 5.09. The van der Waals surface area contributed by atoms with E-state index in [1.807, 2.05) is 36.7 Å². The second kappa shape index (κ2) is 6.25. The first-order valence-corrected chi connectivity index (χ1v) is 6.86.